The van der Waals surface area contributed by atoms with Crippen LogP contribution in [0, 0.1) is 0 Å². The summed E-state index contributed by atoms with van der Waals surface area (Å²) in [6, 6.07) is 18.7. The highest BCUT2D eigenvalue weighted by atomic mass is 16.1. The zero-order valence-corrected chi connectivity index (χ0v) is 14.5. The molecular weight excluding hydrogens is 310 g/mol. The third-order valence-corrected chi connectivity index (χ3v) is 5.19. The highest BCUT2D eigenvalue weighted by Gasteiger charge is 2.33. The Morgan fingerprint density at radius 1 is 1.12 bits per heavy atom. The number of para-hydroxylation sites is 1. The van der Waals surface area contributed by atoms with E-state index in [1.165, 1.54) is 22.2 Å². The van der Waals surface area contributed by atoms with E-state index in [2.05, 4.69) is 58.9 Å². The van der Waals surface area contributed by atoms with Gasteiger partial charge in [0.25, 0.3) is 0 Å². The largest absolute Gasteiger partial charge is 0.369 e. The smallest absolute Gasteiger partial charge is 0.226 e. The number of amides is 1. The lowest BCUT2D eigenvalue weighted by atomic mass is 9.91. The van der Waals surface area contributed by atoms with Crippen LogP contribution < -0.4 is 5.73 Å². The molecular formula is C21H23N3O. The van der Waals surface area contributed by atoms with Gasteiger partial charge in [0, 0.05) is 42.8 Å². The van der Waals surface area contributed by atoms with Crippen molar-refractivity contribution < 1.29 is 4.79 Å². The molecule has 0 saturated heterocycles. The van der Waals surface area contributed by atoms with Crippen LogP contribution in [-0.2, 0) is 24.4 Å². The fourth-order valence-corrected chi connectivity index (χ4v) is 4.12. The molecule has 25 heavy (non-hydrogen) atoms. The number of benzene rings is 2. The van der Waals surface area contributed by atoms with Gasteiger partial charge in [0.2, 0.25) is 5.91 Å². The maximum absolute atomic E-state index is 12.2. The molecule has 1 aliphatic heterocycles. The number of hydrogen-bond acceptors (Lipinski definition) is 2. The van der Waals surface area contributed by atoms with Gasteiger partial charge in [-0.25, -0.2) is 0 Å². The van der Waals surface area contributed by atoms with E-state index in [-0.39, 0.29) is 11.8 Å². The van der Waals surface area contributed by atoms with Crippen molar-refractivity contribution in [3.8, 4) is 0 Å². The molecule has 0 spiro atoms. The lowest BCUT2D eigenvalue weighted by Crippen LogP contribution is -2.39. The van der Waals surface area contributed by atoms with Crippen LogP contribution in [0.25, 0.3) is 10.9 Å². The van der Waals surface area contributed by atoms with Gasteiger partial charge in [-0.1, -0.05) is 48.5 Å². The molecule has 1 aliphatic rings. The van der Waals surface area contributed by atoms with Crippen LogP contribution >= 0.6 is 0 Å². The van der Waals surface area contributed by atoms with Crippen LogP contribution in [-0.4, -0.2) is 21.9 Å². The van der Waals surface area contributed by atoms with Crippen molar-refractivity contribution in [3.63, 3.8) is 0 Å². The zero-order valence-electron chi connectivity index (χ0n) is 14.5. The molecule has 2 N–H and O–H groups in total. The molecule has 3 aromatic rings. The highest BCUT2D eigenvalue weighted by Crippen LogP contribution is 2.37. The van der Waals surface area contributed by atoms with E-state index >= 15 is 0 Å². The number of fused-ring (bicyclic) bond motifs is 3. The van der Waals surface area contributed by atoms with Crippen LogP contribution in [0.3, 0.4) is 0 Å². The molecule has 1 unspecified atom stereocenters. The number of aromatic nitrogens is 1. The molecule has 2 aromatic carbocycles. The van der Waals surface area contributed by atoms with E-state index in [1.54, 1.807) is 0 Å². The van der Waals surface area contributed by atoms with Gasteiger partial charge in [0.05, 0.1) is 5.92 Å². The van der Waals surface area contributed by atoms with E-state index in [0.29, 0.717) is 6.54 Å². The number of primary amides is 1. The average Bonchev–Trinajstić information content (AvgIpc) is 2.95. The van der Waals surface area contributed by atoms with Crippen LogP contribution in [0.4, 0.5) is 0 Å². The number of hydrogen-bond donors (Lipinski definition) is 1. The Labute approximate surface area is 147 Å². The number of carbonyl (C=O) groups is 1. The minimum Gasteiger partial charge on any atom is -0.369 e. The number of aryl methyl sites for hydroxylation is 1. The minimum atomic E-state index is -0.259. The van der Waals surface area contributed by atoms with Crippen LogP contribution in [0.2, 0.25) is 0 Å². The van der Waals surface area contributed by atoms with Crippen molar-refractivity contribution in [3.05, 3.63) is 71.4 Å². The summed E-state index contributed by atoms with van der Waals surface area (Å²) in [5, 5.41) is 1.17. The second-order valence-corrected chi connectivity index (χ2v) is 6.73. The number of nitrogens with two attached hydrogens (primary N) is 1. The molecule has 0 bridgehead atoms. The van der Waals surface area contributed by atoms with Gasteiger partial charge in [0.1, 0.15) is 0 Å². The average molecular weight is 333 g/mol. The molecule has 2 heterocycles. The first-order valence-corrected chi connectivity index (χ1v) is 8.84. The van der Waals surface area contributed by atoms with Crippen molar-refractivity contribution in [1.29, 1.82) is 0 Å². The van der Waals surface area contributed by atoms with Gasteiger partial charge in [0.15, 0.2) is 0 Å². The molecule has 0 radical (unpaired) electrons. The zero-order chi connectivity index (χ0) is 17.4. The van der Waals surface area contributed by atoms with E-state index in [1.807, 2.05) is 12.1 Å². The molecule has 0 aliphatic carbocycles. The molecule has 128 valence electrons. The van der Waals surface area contributed by atoms with Gasteiger partial charge >= 0.3 is 0 Å². The highest BCUT2D eigenvalue weighted by molar-refractivity contribution is 5.93. The van der Waals surface area contributed by atoms with Crippen LogP contribution in [0.15, 0.2) is 54.6 Å². The monoisotopic (exact) mass is 333 g/mol. The summed E-state index contributed by atoms with van der Waals surface area (Å²) in [5.74, 6) is -0.497. The van der Waals surface area contributed by atoms with Crippen molar-refractivity contribution in [2.24, 2.45) is 5.73 Å². The van der Waals surface area contributed by atoms with Crippen LogP contribution in [0.5, 0.6) is 0 Å². The Bertz CT molecular complexity index is 914. The Balaban J connectivity index is 1.80. The second-order valence-electron chi connectivity index (χ2n) is 6.73. The molecule has 1 aromatic heterocycles. The van der Waals surface area contributed by atoms with Gasteiger partial charge < -0.3 is 10.3 Å². The molecule has 4 rings (SSSR count). The van der Waals surface area contributed by atoms with E-state index in [9.17, 15) is 4.79 Å². The summed E-state index contributed by atoms with van der Waals surface area (Å²) >= 11 is 0. The Hall–Kier alpha value is -2.59. The van der Waals surface area contributed by atoms with E-state index < -0.39 is 0 Å². The Morgan fingerprint density at radius 2 is 1.84 bits per heavy atom. The van der Waals surface area contributed by atoms with E-state index in [0.717, 1.165) is 25.2 Å². The Morgan fingerprint density at radius 3 is 2.56 bits per heavy atom. The summed E-state index contributed by atoms with van der Waals surface area (Å²) in [4.78, 5) is 14.6. The second kappa shape index (κ2) is 6.37. The van der Waals surface area contributed by atoms with Crippen molar-refractivity contribution in [1.82, 2.24) is 9.47 Å². The first-order chi connectivity index (χ1) is 12.2. The van der Waals surface area contributed by atoms with Crippen LogP contribution in [0.1, 0.15) is 29.7 Å². The third-order valence-electron chi connectivity index (χ3n) is 5.19. The molecule has 1 amide bonds. The van der Waals surface area contributed by atoms with Gasteiger partial charge in [-0.15, -0.1) is 0 Å². The normalized spacial score (nSPS) is 17.6. The number of carbonyl (C=O) groups excluding carboxylic acids is 1. The summed E-state index contributed by atoms with van der Waals surface area (Å²) in [6.45, 7) is 5.39. The van der Waals surface area contributed by atoms with Crippen molar-refractivity contribution >= 4 is 16.8 Å². The number of rotatable bonds is 4. The Kier molecular flexibility index (Phi) is 4.06. The van der Waals surface area contributed by atoms with E-state index in [4.69, 9.17) is 5.73 Å². The summed E-state index contributed by atoms with van der Waals surface area (Å²) in [6.07, 6.45) is 0. The molecule has 0 saturated carbocycles. The first kappa shape index (κ1) is 15.9. The molecule has 4 heteroatoms. The maximum atomic E-state index is 12.2. The fraction of sp³-hybridized carbons (Fsp3) is 0.286. The van der Waals surface area contributed by atoms with Gasteiger partial charge in [-0.3, -0.25) is 9.69 Å². The predicted molar refractivity (Wildman–Crippen MR) is 100 cm³/mol. The summed E-state index contributed by atoms with van der Waals surface area (Å²) in [7, 11) is 0. The first-order valence-electron chi connectivity index (χ1n) is 8.84. The molecule has 4 nitrogen and oxygen atoms in total. The topological polar surface area (TPSA) is 51.3 Å². The fourth-order valence-electron chi connectivity index (χ4n) is 4.12. The minimum absolute atomic E-state index is 0.238. The summed E-state index contributed by atoms with van der Waals surface area (Å²) in [5.41, 5.74) is 10.6. The van der Waals surface area contributed by atoms with Crippen molar-refractivity contribution in [2.45, 2.75) is 32.5 Å². The van der Waals surface area contributed by atoms with Gasteiger partial charge in [-0.2, -0.15) is 0 Å². The van der Waals surface area contributed by atoms with Crippen molar-refractivity contribution in [2.75, 3.05) is 6.54 Å². The quantitative estimate of drug-likeness (QED) is 0.797. The molecule has 0 fully saturated rings. The lowest BCUT2D eigenvalue weighted by Gasteiger charge is -2.32. The SMILES string of the molecule is CCn1c2c(c3ccccc31)C(C(N)=O)CN(Cc1ccccc1)C2. The molecule has 1 atom stereocenters. The standard InChI is InChI=1S/C21H23N3O/c1-2-24-18-11-7-6-10-16(18)20-17(21(22)25)13-23(14-19(20)24)12-15-8-4-3-5-9-15/h3-11,17H,2,12-14H2,1H3,(H2,22,25). The third kappa shape index (κ3) is 2.72. The maximum Gasteiger partial charge on any atom is 0.226 e. The lowest BCUT2D eigenvalue weighted by molar-refractivity contribution is -0.120. The van der Waals surface area contributed by atoms with Gasteiger partial charge in [-0.05, 0) is 24.1 Å². The predicted octanol–water partition coefficient (Wildman–Crippen LogP) is 3.25. The summed E-state index contributed by atoms with van der Waals surface area (Å²) < 4.78 is 2.33. The number of nitrogens with zero attached hydrogens (tertiary/aromatic N) is 2.